The molecule has 3 fully saturated rings. The number of piperazine rings is 1. The average molecular weight is 725 g/mol. The monoisotopic (exact) mass is 724 g/mol. The summed E-state index contributed by atoms with van der Waals surface area (Å²) in [6.45, 7) is 9.84. The first-order valence-corrected chi connectivity index (χ1v) is 19.4. The van der Waals surface area contributed by atoms with E-state index in [1.54, 1.807) is 5.38 Å². The molecule has 0 unspecified atom stereocenters. The number of aryl methyl sites for hydroxylation is 1. The molecule has 2 aromatic carbocycles. The summed E-state index contributed by atoms with van der Waals surface area (Å²) in [6, 6.07) is 18.6. The van der Waals surface area contributed by atoms with Crippen LogP contribution >= 0.6 is 11.3 Å². The highest BCUT2D eigenvalue weighted by Gasteiger charge is 2.28. The smallest absolute Gasteiger partial charge is 0.270 e. The van der Waals surface area contributed by atoms with Gasteiger partial charge in [0.1, 0.15) is 17.3 Å². The van der Waals surface area contributed by atoms with Crippen molar-refractivity contribution < 1.29 is 14.0 Å². The molecular formula is C40H49FN8O2S. The van der Waals surface area contributed by atoms with Gasteiger partial charge in [-0.2, -0.15) is 0 Å². The highest BCUT2D eigenvalue weighted by molar-refractivity contribution is 7.09. The molecule has 3 aliphatic rings. The number of hydrogen-bond acceptors (Lipinski definition) is 9. The molecule has 1 aliphatic carbocycles. The van der Waals surface area contributed by atoms with Crippen molar-refractivity contribution in [3.8, 4) is 11.1 Å². The molecule has 0 spiro atoms. The Bertz CT molecular complexity index is 1830. The number of aromatic nitrogens is 2. The highest BCUT2D eigenvalue weighted by Crippen LogP contribution is 2.28. The number of likely N-dealkylation sites (tertiary alicyclic amines) is 1. The summed E-state index contributed by atoms with van der Waals surface area (Å²) in [6.07, 6.45) is 6.47. The lowest BCUT2D eigenvalue weighted by atomic mass is 9.91. The van der Waals surface area contributed by atoms with Crippen LogP contribution in [0.3, 0.4) is 0 Å². The van der Waals surface area contributed by atoms with Gasteiger partial charge in [-0.1, -0.05) is 36.4 Å². The van der Waals surface area contributed by atoms with Gasteiger partial charge in [0.15, 0.2) is 0 Å². The summed E-state index contributed by atoms with van der Waals surface area (Å²) in [4.78, 5) is 42.2. The van der Waals surface area contributed by atoms with Crippen LogP contribution in [0.15, 0.2) is 66.2 Å². The standard InChI is InChI=1S/C40H49FN8O2S/c1-27-43-37(26-52-27)40(51)46-33-12-10-32(11-13-33)45-39(50)36-23-31(41)24-42-38(36)44-34-5-3-4-30(22-34)29-8-6-28(7-9-29)25-48-16-14-35(15-17-48)49-20-18-47(2)19-21-49/h3-9,22-24,26,32-33,35H,10-21,25H2,1-2H3,(H,42,44)(H,45,50)(H,46,51)/t32-,33+. The molecule has 2 aromatic heterocycles. The molecule has 3 N–H and O–H groups in total. The summed E-state index contributed by atoms with van der Waals surface area (Å²) in [5.41, 5.74) is 4.79. The minimum atomic E-state index is -0.576. The lowest BCUT2D eigenvalue weighted by Crippen LogP contribution is -2.52. The third kappa shape index (κ3) is 9.22. The van der Waals surface area contributed by atoms with Crippen molar-refractivity contribution in [2.24, 2.45) is 0 Å². The average Bonchev–Trinajstić information content (AvgIpc) is 3.60. The first-order valence-electron chi connectivity index (χ1n) is 18.6. The van der Waals surface area contributed by atoms with Gasteiger partial charge in [-0.05, 0) is 100 Å². The quantitative estimate of drug-likeness (QED) is 0.181. The predicted octanol–water partition coefficient (Wildman–Crippen LogP) is 6.08. The van der Waals surface area contributed by atoms with E-state index in [1.807, 2.05) is 25.1 Å². The Morgan fingerprint density at radius 1 is 0.846 bits per heavy atom. The Labute approximate surface area is 309 Å². The second-order valence-electron chi connectivity index (χ2n) is 14.5. The third-order valence-electron chi connectivity index (χ3n) is 10.8. The molecule has 4 heterocycles. The van der Waals surface area contributed by atoms with Gasteiger partial charge in [-0.25, -0.2) is 14.4 Å². The molecule has 2 saturated heterocycles. The van der Waals surface area contributed by atoms with Crippen molar-refractivity contribution in [2.45, 2.75) is 70.1 Å². The maximum Gasteiger partial charge on any atom is 0.270 e. The number of rotatable bonds is 10. The molecule has 274 valence electrons. The summed E-state index contributed by atoms with van der Waals surface area (Å²) in [7, 11) is 2.22. The summed E-state index contributed by atoms with van der Waals surface area (Å²) in [5.74, 6) is -0.827. The van der Waals surface area contributed by atoms with Gasteiger partial charge in [-0.3, -0.25) is 19.4 Å². The molecule has 1 saturated carbocycles. The van der Waals surface area contributed by atoms with Gasteiger partial charge in [0.2, 0.25) is 0 Å². The zero-order valence-corrected chi connectivity index (χ0v) is 30.9. The van der Waals surface area contributed by atoms with Crippen LogP contribution in [-0.4, -0.2) is 101 Å². The van der Waals surface area contributed by atoms with Crippen molar-refractivity contribution in [2.75, 3.05) is 51.6 Å². The van der Waals surface area contributed by atoms with Crippen molar-refractivity contribution in [3.63, 3.8) is 0 Å². The van der Waals surface area contributed by atoms with Crippen LogP contribution in [0.25, 0.3) is 11.1 Å². The molecule has 10 nitrogen and oxygen atoms in total. The van der Waals surface area contributed by atoms with Crippen molar-refractivity contribution >= 4 is 34.7 Å². The molecule has 12 heteroatoms. The Balaban J connectivity index is 0.918. The highest BCUT2D eigenvalue weighted by atomic mass is 32.1. The minimum absolute atomic E-state index is 0.0225. The minimum Gasteiger partial charge on any atom is -0.349 e. The van der Waals surface area contributed by atoms with E-state index in [0.29, 0.717) is 24.4 Å². The Morgan fingerprint density at radius 3 is 2.21 bits per heavy atom. The van der Waals surface area contributed by atoms with E-state index >= 15 is 0 Å². The van der Waals surface area contributed by atoms with E-state index in [2.05, 4.69) is 78.0 Å². The number of anilines is 2. The first-order chi connectivity index (χ1) is 25.3. The van der Waals surface area contributed by atoms with Gasteiger partial charge >= 0.3 is 0 Å². The number of nitrogens with one attached hydrogen (secondary N) is 3. The van der Waals surface area contributed by atoms with Gasteiger partial charge in [0.25, 0.3) is 11.8 Å². The Kier molecular flexibility index (Phi) is 11.6. The summed E-state index contributed by atoms with van der Waals surface area (Å²) in [5, 5.41) is 12.0. The van der Waals surface area contributed by atoms with Gasteiger partial charge in [0.05, 0.1) is 16.8 Å². The molecule has 2 amide bonds. The molecule has 0 radical (unpaired) electrons. The molecule has 2 aliphatic heterocycles. The van der Waals surface area contributed by atoms with Crippen LogP contribution in [-0.2, 0) is 6.54 Å². The number of piperidine rings is 1. The number of halogens is 1. The van der Waals surface area contributed by atoms with E-state index in [4.69, 9.17) is 0 Å². The molecule has 0 atom stereocenters. The van der Waals surface area contributed by atoms with E-state index in [0.717, 1.165) is 66.5 Å². The fourth-order valence-electron chi connectivity index (χ4n) is 7.69. The van der Waals surface area contributed by atoms with Crippen molar-refractivity contribution in [3.05, 3.63) is 93.8 Å². The van der Waals surface area contributed by atoms with Crippen molar-refractivity contribution in [1.29, 1.82) is 0 Å². The molecule has 7 rings (SSSR count). The van der Waals surface area contributed by atoms with Gasteiger partial charge in [-0.15, -0.1) is 11.3 Å². The number of carbonyl (C=O) groups excluding carboxylic acids is 2. The number of pyridine rings is 1. The van der Waals surface area contributed by atoms with Crippen molar-refractivity contribution in [1.82, 2.24) is 35.3 Å². The molecule has 4 aromatic rings. The van der Waals surface area contributed by atoms with Crippen LogP contribution in [0.5, 0.6) is 0 Å². The number of hydrogen-bond donors (Lipinski definition) is 3. The second kappa shape index (κ2) is 16.6. The number of thiazole rings is 1. The van der Waals surface area contributed by atoms with E-state index in [1.165, 1.54) is 62.0 Å². The first kappa shape index (κ1) is 36.1. The molecular weight excluding hydrogens is 676 g/mol. The number of carbonyl (C=O) groups is 2. The lowest BCUT2D eigenvalue weighted by molar-refractivity contribution is 0.0658. The Morgan fingerprint density at radius 2 is 1.54 bits per heavy atom. The zero-order chi connectivity index (χ0) is 36.0. The fraction of sp³-hybridized carbons (Fsp3) is 0.450. The fourth-order valence-corrected chi connectivity index (χ4v) is 8.28. The summed E-state index contributed by atoms with van der Waals surface area (Å²) < 4.78 is 14.4. The SMILES string of the molecule is Cc1nc(C(=O)N[C@H]2CC[C@@H](NC(=O)c3cc(F)cnc3Nc3cccc(-c4ccc(CN5CCC(N6CCN(C)CC6)CC5)cc4)c3)CC2)cs1. The number of amides is 2. The van der Waals surface area contributed by atoms with E-state index in [-0.39, 0.29) is 29.5 Å². The predicted molar refractivity (Wildman–Crippen MR) is 205 cm³/mol. The van der Waals surface area contributed by atoms with Crippen LogP contribution in [0.2, 0.25) is 0 Å². The number of nitrogens with zero attached hydrogens (tertiary/aromatic N) is 5. The molecule has 0 bridgehead atoms. The van der Waals surface area contributed by atoms with E-state index in [9.17, 15) is 14.0 Å². The largest absolute Gasteiger partial charge is 0.349 e. The normalized spacial score (nSPS) is 20.8. The Hall–Kier alpha value is -4.23. The van der Waals surface area contributed by atoms with Gasteiger partial charge < -0.3 is 20.9 Å². The second-order valence-corrected chi connectivity index (χ2v) is 15.6. The summed E-state index contributed by atoms with van der Waals surface area (Å²) >= 11 is 1.45. The molecule has 52 heavy (non-hydrogen) atoms. The third-order valence-corrected chi connectivity index (χ3v) is 11.6. The van der Waals surface area contributed by atoms with E-state index < -0.39 is 5.82 Å². The zero-order valence-electron chi connectivity index (χ0n) is 30.1. The van der Waals surface area contributed by atoms with Crippen LogP contribution in [0, 0.1) is 12.7 Å². The van der Waals surface area contributed by atoms with Gasteiger partial charge in [0, 0.05) is 61.9 Å². The maximum atomic E-state index is 14.4. The van der Waals surface area contributed by atoms with Crippen LogP contribution < -0.4 is 16.0 Å². The van der Waals surface area contributed by atoms with Crippen LogP contribution in [0.1, 0.15) is 69.9 Å². The number of benzene rings is 2. The van der Waals surface area contributed by atoms with Crippen LogP contribution in [0.4, 0.5) is 15.9 Å². The number of likely N-dealkylation sites (N-methyl/N-ethyl adjacent to an activating group) is 1. The topological polar surface area (TPSA) is 106 Å². The lowest BCUT2D eigenvalue weighted by Gasteiger charge is -2.42. The maximum absolute atomic E-state index is 14.4.